The number of hydrogen-bond acceptors (Lipinski definition) is 4. The standard InChI is InChI=1S/C16H13ClN2O3/c17-10-1-5-12(6-2-10)19-15(21)9-14(16(19)22)18-11-3-7-13(20)8-4-11/h1-8,14,18,20H,9H2. The van der Waals surface area contributed by atoms with Crippen LogP contribution in [0.25, 0.3) is 0 Å². The summed E-state index contributed by atoms with van der Waals surface area (Å²) < 4.78 is 0. The Morgan fingerprint density at radius 2 is 1.68 bits per heavy atom. The summed E-state index contributed by atoms with van der Waals surface area (Å²) in [4.78, 5) is 25.7. The van der Waals surface area contributed by atoms with Crippen LogP contribution in [0.1, 0.15) is 6.42 Å². The third-order valence-corrected chi connectivity index (χ3v) is 3.69. The number of aromatic hydroxyl groups is 1. The van der Waals surface area contributed by atoms with E-state index in [1.54, 1.807) is 36.4 Å². The van der Waals surface area contributed by atoms with Crippen molar-refractivity contribution >= 4 is 34.8 Å². The quantitative estimate of drug-likeness (QED) is 0.675. The molecule has 2 amide bonds. The van der Waals surface area contributed by atoms with Gasteiger partial charge in [0.25, 0.3) is 5.91 Å². The summed E-state index contributed by atoms with van der Waals surface area (Å²) in [6, 6.07) is 12.3. The van der Waals surface area contributed by atoms with Crippen LogP contribution in [0.4, 0.5) is 11.4 Å². The zero-order chi connectivity index (χ0) is 15.7. The monoisotopic (exact) mass is 316 g/mol. The van der Waals surface area contributed by atoms with Gasteiger partial charge in [0.1, 0.15) is 11.8 Å². The first-order valence-electron chi connectivity index (χ1n) is 6.72. The van der Waals surface area contributed by atoms with Crippen molar-refractivity contribution in [3.63, 3.8) is 0 Å². The molecule has 0 bridgehead atoms. The molecule has 2 aromatic carbocycles. The van der Waals surface area contributed by atoms with Crippen molar-refractivity contribution in [2.45, 2.75) is 12.5 Å². The number of phenolic OH excluding ortho intramolecular Hbond substituents is 1. The number of carbonyl (C=O) groups excluding carboxylic acids is 2. The highest BCUT2D eigenvalue weighted by Crippen LogP contribution is 2.26. The van der Waals surface area contributed by atoms with Crippen LogP contribution >= 0.6 is 11.6 Å². The number of halogens is 1. The highest BCUT2D eigenvalue weighted by atomic mass is 35.5. The number of nitrogens with zero attached hydrogens (tertiary/aromatic N) is 1. The van der Waals surface area contributed by atoms with Crippen molar-refractivity contribution in [2.24, 2.45) is 0 Å². The van der Waals surface area contributed by atoms with Crippen molar-refractivity contribution in [1.29, 1.82) is 0 Å². The molecule has 0 spiro atoms. The summed E-state index contributed by atoms with van der Waals surface area (Å²) in [5.74, 6) is -0.425. The Balaban J connectivity index is 1.79. The van der Waals surface area contributed by atoms with Crippen LogP contribution in [0, 0.1) is 0 Å². The molecular formula is C16H13ClN2O3. The lowest BCUT2D eigenvalue weighted by Gasteiger charge is -2.16. The van der Waals surface area contributed by atoms with E-state index in [0.717, 1.165) is 4.90 Å². The first kappa shape index (κ1) is 14.4. The van der Waals surface area contributed by atoms with Gasteiger partial charge in [0.05, 0.1) is 12.1 Å². The van der Waals surface area contributed by atoms with Crippen LogP contribution < -0.4 is 10.2 Å². The van der Waals surface area contributed by atoms with Gasteiger partial charge in [-0.05, 0) is 48.5 Å². The SMILES string of the molecule is O=C1CC(Nc2ccc(O)cc2)C(=O)N1c1ccc(Cl)cc1. The molecule has 2 aromatic rings. The van der Waals surface area contributed by atoms with E-state index in [1.165, 1.54) is 12.1 Å². The van der Waals surface area contributed by atoms with E-state index >= 15 is 0 Å². The minimum Gasteiger partial charge on any atom is -0.508 e. The second-order valence-corrected chi connectivity index (χ2v) is 5.43. The highest BCUT2D eigenvalue weighted by Gasteiger charge is 2.39. The number of nitrogens with one attached hydrogen (secondary N) is 1. The predicted octanol–water partition coefficient (Wildman–Crippen LogP) is 2.79. The van der Waals surface area contributed by atoms with Crippen molar-refractivity contribution in [1.82, 2.24) is 0 Å². The Labute approximate surface area is 132 Å². The van der Waals surface area contributed by atoms with Gasteiger partial charge in [0, 0.05) is 10.7 Å². The first-order valence-corrected chi connectivity index (χ1v) is 7.10. The summed E-state index contributed by atoms with van der Waals surface area (Å²) in [7, 11) is 0. The van der Waals surface area contributed by atoms with Crippen LogP contribution in [0.2, 0.25) is 5.02 Å². The van der Waals surface area contributed by atoms with Gasteiger partial charge in [-0.3, -0.25) is 9.59 Å². The van der Waals surface area contributed by atoms with Crippen LogP contribution in [-0.2, 0) is 9.59 Å². The molecule has 1 saturated heterocycles. The molecule has 1 aliphatic heterocycles. The molecule has 0 aromatic heterocycles. The average Bonchev–Trinajstić information content (AvgIpc) is 2.77. The van der Waals surface area contributed by atoms with Gasteiger partial charge in [0.15, 0.2) is 0 Å². The van der Waals surface area contributed by atoms with E-state index < -0.39 is 6.04 Å². The summed E-state index contributed by atoms with van der Waals surface area (Å²) in [6.07, 6.45) is 0.0857. The van der Waals surface area contributed by atoms with Gasteiger partial charge >= 0.3 is 0 Å². The largest absolute Gasteiger partial charge is 0.508 e. The van der Waals surface area contributed by atoms with E-state index in [-0.39, 0.29) is 24.0 Å². The van der Waals surface area contributed by atoms with Crippen molar-refractivity contribution < 1.29 is 14.7 Å². The number of rotatable bonds is 3. The topological polar surface area (TPSA) is 69.6 Å². The van der Waals surface area contributed by atoms with Gasteiger partial charge in [-0.1, -0.05) is 11.6 Å². The molecule has 112 valence electrons. The van der Waals surface area contributed by atoms with Gasteiger partial charge in [-0.25, -0.2) is 4.90 Å². The third-order valence-electron chi connectivity index (χ3n) is 3.44. The Morgan fingerprint density at radius 1 is 1.05 bits per heavy atom. The number of amides is 2. The Bertz CT molecular complexity index is 713. The maximum Gasteiger partial charge on any atom is 0.256 e. The fourth-order valence-electron chi connectivity index (χ4n) is 2.36. The summed E-state index contributed by atoms with van der Waals surface area (Å²) in [5.41, 5.74) is 1.18. The number of imide groups is 1. The molecule has 1 fully saturated rings. The van der Waals surface area contributed by atoms with E-state index in [1.807, 2.05) is 0 Å². The lowest BCUT2D eigenvalue weighted by molar-refractivity contribution is -0.121. The lowest BCUT2D eigenvalue weighted by Crippen LogP contribution is -2.34. The minimum atomic E-state index is -0.618. The molecule has 3 rings (SSSR count). The number of anilines is 2. The van der Waals surface area contributed by atoms with E-state index in [4.69, 9.17) is 11.6 Å². The highest BCUT2D eigenvalue weighted by molar-refractivity contribution is 6.30. The van der Waals surface area contributed by atoms with Crippen LogP contribution in [0.15, 0.2) is 48.5 Å². The maximum absolute atomic E-state index is 12.4. The molecule has 1 heterocycles. The lowest BCUT2D eigenvalue weighted by atomic mass is 10.2. The predicted molar refractivity (Wildman–Crippen MR) is 84.1 cm³/mol. The number of benzene rings is 2. The van der Waals surface area contributed by atoms with Crippen LogP contribution in [0.3, 0.4) is 0 Å². The second kappa shape index (κ2) is 5.69. The number of phenols is 1. The molecule has 1 unspecified atom stereocenters. The Kier molecular flexibility index (Phi) is 3.73. The molecule has 1 atom stereocenters. The molecular weight excluding hydrogens is 304 g/mol. The van der Waals surface area contributed by atoms with Crippen molar-refractivity contribution in [3.05, 3.63) is 53.6 Å². The fourth-order valence-corrected chi connectivity index (χ4v) is 2.49. The number of hydrogen-bond donors (Lipinski definition) is 2. The summed E-state index contributed by atoms with van der Waals surface area (Å²) in [6.45, 7) is 0. The van der Waals surface area contributed by atoms with Gasteiger partial charge in [-0.15, -0.1) is 0 Å². The number of carbonyl (C=O) groups is 2. The molecule has 0 radical (unpaired) electrons. The summed E-state index contributed by atoms with van der Waals surface area (Å²) >= 11 is 5.82. The zero-order valence-electron chi connectivity index (χ0n) is 11.5. The normalized spacial score (nSPS) is 17.9. The third kappa shape index (κ3) is 2.76. The van der Waals surface area contributed by atoms with Crippen LogP contribution in [0.5, 0.6) is 5.75 Å². The van der Waals surface area contributed by atoms with E-state index in [0.29, 0.717) is 16.4 Å². The molecule has 2 N–H and O–H groups in total. The molecule has 1 aliphatic rings. The van der Waals surface area contributed by atoms with E-state index in [9.17, 15) is 14.7 Å². The first-order chi connectivity index (χ1) is 10.5. The Hall–Kier alpha value is -2.53. The van der Waals surface area contributed by atoms with Gasteiger partial charge in [0.2, 0.25) is 5.91 Å². The molecule has 6 heteroatoms. The van der Waals surface area contributed by atoms with Gasteiger partial charge < -0.3 is 10.4 Å². The van der Waals surface area contributed by atoms with Crippen LogP contribution in [-0.4, -0.2) is 23.0 Å². The van der Waals surface area contributed by atoms with Crippen molar-refractivity contribution in [3.8, 4) is 5.75 Å². The minimum absolute atomic E-state index is 0.0857. The Morgan fingerprint density at radius 3 is 2.32 bits per heavy atom. The van der Waals surface area contributed by atoms with E-state index in [2.05, 4.69) is 5.32 Å². The smallest absolute Gasteiger partial charge is 0.256 e. The zero-order valence-corrected chi connectivity index (χ0v) is 12.2. The van der Waals surface area contributed by atoms with Crippen molar-refractivity contribution in [2.75, 3.05) is 10.2 Å². The molecule has 5 nitrogen and oxygen atoms in total. The molecule has 22 heavy (non-hydrogen) atoms. The second-order valence-electron chi connectivity index (χ2n) is 4.99. The fraction of sp³-hybridized carbons (Fsp3) is 0.125. The van der Waals surface area contributed by atoms with Gasteiger partial charge in [-0.2, -0.15) is 0 Å². The average molecular weight is 317 g/mol. The maximum atomic E-state index is 12.4. The molecule has 0 saturated carbocycles. The summed E-state index contributed by atoms with van der Waals surface area (Å²) in [5, 5.41) is 12.8. The molecule has 0 aliphatic carbocycles.